The molecule has 1 fully saturated rings. The Hall–Kier alpha value is -1.96. The lowest BCUT2D eigenvalue weighted by atomic mass is 10.1. The van der Waals surface area contributed by atoms with Crippen LogP contribution >= 0.6 is 11.6 Å². The van der Waals surface area contributed by atoms with E-state index in [1.807, 2.05) is 6.92 Å². The average molecular weight is 411 g/mol. The lowest BCUT2D eigenvalue weighted by molar-refractivity contribution is 0.102. The quantitative estimate of drug-likeness (QED) is 0.820. The summed E-state index contributed by atoms with van der Waals surface area (Å²) in [7, 11) is -3.98. The summed E-state index contributed by atoms with van der Waals surface area (Å²) >= 11 is 5.95. The van der Waals surface area contributed by atoms with Crippen molar-refractivity contribution in [3.05, 3.63) is 58.4 Å². The number of carbonyl (C=O) groups excluding carboxylic acids is 1. The van der Waals surface area contributed by atoms with E-state index in [4.69, 9.17) is 11.6 Å². The highest BCUT2D eigenvalue weighted by molar-refractivity contribution is 7.89. The largest absolute Gasteiger partial charge is 0.322 e. The van der Waals surface area contributed by atoms with Crippen LogP contribution in [0.5, 0.6) is 0 Å². The minimum atomic E-state index is -3.98. The summed E-state index contributed by atoms with van der Waals surface area (Å²) in [4.78, 5) is 12.1. The van der Waals surface area contributed by atoms with Crippen LogP contribution in [-0.2, 0) is 10.0 Å². The molecule has 144 valence electrons. The van der Waals surface area contributed by atoms with E-state index >= 15 is 0 Å². The first-order valence-electron chi connectivity index (χ1n) is 8.66. The van der Waals surface area contributed by atoms with Gasteiger partial charge in [0.1, 0.15) is 10.7 Å². The maximum absolute atomic E-state index is 14.3. The van der Waals surface area contributed by atoms with E-state index in [0.717, 1.165) is 37.0 Å². The van der Waals surface area contributed by atoms with Gasteiger partial charge in [-0.1, -0.05) is 24.1 Å². The van der Waals surface area contributed by atoms with E-state index in [9.17, 15) is 17.6 Å². The van der Waals surface area contributed by atoms with Crippen molar-refractivity contribution in [3.63, 3.8) is 0 Å². The minimum Gasteiger partial charge on any atom is -0.322 e. The van der Waals surface area contributed by atoms with Gasteiger partial charge in [-0.15, -0.1) is 0 Å². The van der Waals surface area contributed by atoms with E-state index in [0.29, 0.717) is 23.8 Å². The molecule has 27 heavy (non-hydrogen) atoms. The Labute approximate surface area is 163 Å². The topological polar surface area (TPSA) is 66.5 Å². The van der Waals surface area contributed by atoms with Crippen molar-refractivity contribution in [1.29, 1.82) is 0 Å². The second kappa shape index (κ2) is 7.96. The number of anilines is 1. The third-order valence-corrected chi connectivity index (χ3v) is 6.72. The predicted molar refractivity (Wildman–Crippen MR) is 103 cm³/mol. The number of piperidine rings is 1. The highest BCUT2D eigenvalue weighted by Gasteiger charge is 2.29. The molecule has 8 heteroatoms. The maximum atomic E-state index is 14.3. The molecular formula is C19H20ClFN2O3S. The number of sulfonamides is 1. The molecule has 2 aromatic carbocycles. The van der Waals surface area contributed by atoms with E-state index in [-0.39, 0.29) is 5.56 Å². The summed E-state index contributed by atoms with van der Waals surface area (Å²) in [5, 5.41) is 3.15. The monoisotopic (exact) mass is 410 g/mol. The number of amides is 1. The number of hydrogen-bond acceptors (Lipinski definition) is 3. The molecule has 0 spiro atoms. The van der Waals surface area contributed by atoms with Gasteiger partial charge in [0, 0.05) is 29.4 Å². The van der Waals surface area contributed by atoms with Crippen molar-refractivity contribution in [1.82, 2.24) is 4.31 Å². The van der Waals surface area contributed by atoms with Crippen LogP contribution < -0.4 is 5.32 Å². The molecule has 1 aliphatic rings. The van der Waals surface area contributed by atoms with Crippen molar-refractivity contribution in [2.75, 3.05) is 18.4 Å². The van der Waals surface area contributed by atoms with Gasteiger partial charge in [-0.05, 0) is 55.7 Å². The van der Waals surface area contributed by atoms with Crippen molar-refractivity contribution in [2.45, 2.75) is 31.1 Å². The van der Waals surface area contributed by atoms with E-state index in [1.54, 1.807) is 18.2 Å². The van der Waals surface area contributed by atoms with Crippen LogP contribution in [0.25, 0.3) is 0 Å². The van der Waals surface area contributed by atoms with Gasteiger partial charge in [-0.2, -0.15) is 4.31 Å². The van der Waals surface area contributed by atoms with Crippen LogP contribution in [0.15, 0.2) is 41.3 Å². The lowest BCUT2D eigenvalue weighted by Gasteiger charge is -2.26. The first-order valence-corrected chi connectivity index (χ1v) is 10.5. The van der Waals surface area contributed by atoms with Crippen molar-refractivity contribution < 1.29 is 17.6 Å². The third kappa shape index (κ3) is 4.31. The Morgan fingerprint density at radius 3 is 2.52 bits per heavy atom. The zero-order valence-corrected chi connectivity index (χ0v) is 16.4. The van der Waals surface area contributed by atoms with Gasteiger partial charge in [-0.3, -0.25) is 4.79 Å². The van der Waals surface area contributed by atoms with Crippen LogP contribution in [0.2, 0.25) is 5.02 Å². The Morgan fingerprint density at radius 1 is 1.11 bits per heavy atom. The van der Waals surface area contributed by atoms with Gasteiger partial charge in [0.2, 0.25) is 10.0 Å². The lowest BCUT2D eigenvalue weighted by Crippen LogP contribution is -2.36. The van der Waals surface area contributed by atoms with Crippen LogP contribution in [0, 0.1) is 12.7 Å². The maximum Gasteiger partial charge on any atom is 0.255 e. The van der Waals surface area contributed by atoms with E-state index in [1.165, 1.54) is 10.4 Å². The van der Waals surface area contributed by atoms with Crippen molar-refractivity contribution in [3.8, 4) is 0 Å². The molecule has 0 unspecified atom stereocenters. The fourth-order valence-electron chi connectivity index (χ4n) is 3.01. The van der Waals surface area contributed by atoms with Gasteiger partial charge in [-0.25, -0.2) is 12.8 Å². The molecule has 5 nitrogen and oxygen atoms in total. The Kier molecular flexibility index (Phi) is 5.83. The summed E-state index contributed by atoms with van der Waals surface area (Å²) < 4.78 is 41.1. The first kappa shape index (κ1) is 19.8. The fraction of sp³-hybridized carbons (Fsp3) is 0.316. The molecule has 0 aliphatic carbocycles. The number of hydrogen-bond donors (Lipinski definition) is 1. The molecular weight excluding hydrogens is 391 g/mol. The Morgan fingerprint density at radius 2 is 1.81 bits per heavy atom. The molecule has 1 saturated heterocycles. The van der Waals surface area contributed by atoms with Crippen LogP contribution in [-0.4, -0.2) is 31.7 Å². The zero-order chi connectivity index (χ0) is 19.6. The summed E-state index contributed by atoms with van der Waals surface area (Å²) in [6.07, 6.45) is 2.44. The predicted octanol–water partition coefficient (Wildman–Crippen LogP) is 4.21. The Bertz CT molecular complexity index is 973. The number of aryl methyl sites for hydroxylation is 1. The fourth-order valence-corrected chi connectivity index (χ4v) is 4.79. The number of carbonyl (C=O) groups is 1. The molecule has 0 aromatic heterocycles. The molecule has 0 atom stereocenters. The average Bonchev–Trinajstić information content (AvgIpc) is 2.65. The highest BCUT2D eigenvalue weighted by Crippen LogP contribution is 2.25. The van der Waals surface area contributed by atoms with Gasteiger partial charge < -0.3 is 5.32 Å². The molecule has 1 N–H and O–H groups in total. The Balaban J connectivity index is 1.90. The summed E-state index contributed by atoms with van der Waals surface area (Å²) in [6, 6.07) is 8.43. The molecule has 3 rings (SSSR count). The number of nitrogens with one attached hydrogen (secondary N) is 1. The second-order valence-electron chi connectivity index (χ2n) is 6.52. The number of halogens is 2. The SMILES string of the molecule is Cc1ccc(Cl)cc1NC(=O)c1ccc(F)c(S(=O)(=O)N2CCCCC2)c1. The minimum absolute atomic E-state index is 0.0614. The van der Waals surface area contributed by atoms with Crippen LogP contribution in [0.3, 0.4) is 0 Å². The second-order valence-corrected chi connectivity index (χ2v) is 8.87. The molecule has 1 amide bonds. The highest BCUT2D eigenvalue weighted by atomic mass is 35.5. The third-order valence-electron chi connectivity index (χ3n) is 4.57. The molecule has 2 aromatic rings. The van der Waals surface area contributed by atoms with E-state index in [2.05, 4.69) is 5.32 Å². The number of benzene rings is 2. The van der Waals surface area contributed by atoms with Gasteiger partial charge in [0.25, 0.3) is 5.91 Å². The molecule has 0 radical (unpaired) electrons. The zero-order valence-electron chi connectivity index (χ0n) is 14.8. The molecule has 0 saturated carbocycles. The number of rotatable bonds is 4. The normalized spacial score (nSPS) is 15.5. The first-order chi connectivity index (χ1) is 12.8. The van der Waals surface area contributed by atoms with Crippen LogP contribution in [0.4, 0.5) is 10.1 Å². The molecule has 0 bridgehead atoms. The van der Waals surface area contributed by atoms with Gasteiger partial charge in [0.15, 0.2) is 0 Å². The summed E-state index contributed by atoms with van der Waals surface area (Å²) in [5.74, 6) is -1.40. The van der Waals surface area contributed by atoms with E-state index < -0.39 is 26.6 Å². The van der Waals surface area contributed by atoms with Crippen LogP contribution in [0.1, 0.15) is 35.2 Å². The summed E-state index contributed by atoms with van der Waals surface area (Å²) in [5.41, 5.74) is 1.37. The van der Waals surface area contributed by atoms with Crippen molar-refractivity contribution >= 4 is 33.2 Å². The van der Waals surface area contributed by atoms with Gasteiger partial charge >= 0.3 is 0 Å². The molecule has 1 aliphatic heterocycles. The van der Waals surface area contributed by atoms with Gasteiger partial charge in [0.05, 0.1) is 0 Å². The summed E-state index contributed by atoms with van der Waals surface area (Å²) in [6.45, 7) is 2.53. The molecule has 1 heterocycles. The smallest absolute Gasteiger partial charge is 0.255 e. The van der Waals surface area contributed by atoms with Crippen molar-refractivity contribution in [2.24, 2.45) is 0 Å². The standard InChI is InChI=1S/C19H20ClFN2O3S/c1-13-5-7-15(20)12-17(13)22-19(24)14-6-8-16(21)18(11-14)27(25,26)23-9-3-2-4-10-23/h5-8,11-12H,2-4,9-10H2,1H3,(H,22,24). The number of nitrogens with zero attached hydrogens (tertiary/aromatic N) is 1.